The molecule has 0 atom stereocenters. The number of fused-ring (bicyclic) bond motifs is 7. The number of hydrogen-bond acceptors (Lipinski definition) is 2. The zero-order valence-electron chi connectivity index (χ0n) is 17.7. The molecule has 6 rings (SSSR count). The molecular formula is C28H26O2. The van der Waals surface area contributed by atoms with Crippen LogP contribution in [0.25, 0.3) is 21.5 Å². The molecule has 0 fully saturated rings. The molecule has 0 spiro atoms. The molecule has 0 amide bonds. The highest BCUT2D eigenvalue weighted by Gasteiger charge is 2.60. The predicted molar refractivity (Wildman–Crippen MR) is 122 cm³/mol. The van der Waals surface area contributed by atoms with Crippen LogP contribution in [0.3, 0.4) is 0 Å². The Hall–Kier alpha value is -3.00. The summed E-state index contributed by atoms with van der Waals surface area (Å²) >= 11 is 0. The molecule has 4 aromatic carbocycles. The van der Waals surface area contributed by atoms with Crippen molar-refractivity contribution in [1.82, 2.24) is 0 Å². The first-order valence-electron chi connectivity index (χ1n) is 10.9. The van der Waals surface area contributed by atoms with Crippen LogP contribution in [0.2, 0.25) is 0 Å². The van der Waals surface area contributed by atoms with Crippen molar-refractivity contribution in [2.75, 3.05) is 0 Å². The predicted octanol–water partition coefficient (Wildman–Crippen LogP) is 6.92. The summed E-state index contributed by atoms with van der Waals surface area (Å²) in [5, 5.41) is 5.12. The monoisotopic (exact) mass is 394 g/mol. The fourth-order valence-electron chi connectivity index (χ4n) is 5.78. The fourth-order valence-corrected chi connectivity index (χ4v) is 5.78. The van der Waals surface area contributed by atoms with Crippen LogP contribution in [-0.4, -0.2) is 5.79 Å². The molecule has 4 aromatic rings. The van der Waals surface area contributed by atoms with E-state index >= 15 is 0 Å². The molecule has 2 aliphatic heterocycles. The van der Waals surface area contributed by atoms with E-state index < -0.39 is 5.79 Å². The second-order valence-corrected chi connectivity index (χ2v) is 9.34. The van der Waals surface area contributed by atoms with E-state index in [9.17, 15) is 0 Å². The van der Waals surface area contributed by atoms with Crippen molar-refractivity contribution in [2.24, 2.45) is 11.3 Å². The van der Waals surface area contributed by atoms with Crippen LogP contribution in [0, 0.1) is 11.3 Å². The molecule has 2 aliphatic rings. The Balaban J connectivity index is 1.59. The van der Waals surface area contributed by atoms with Crippen molar-refractivity contribution < 1.29 is 9.47 Å². The number of benzene rings is 4. The number of rotatable bonds is 1. The smallest absolute Gasteiger partial charge is 0.254 e. The normalized spacial score (nSPS) is 24.7. The molecule has 2 heteroatoms. The summed E-state index contributed by atoms with van der Waals surface area (Å²) in [6.07, 6.45) is 1.89. The van der Waals surface area contributed by atoms with E-state index in [-0.39, 0.29) is 5.41 Å². The van der Waals surface area contributed by atoms with E-state index in [1.165, 1.54) is 32.7 Å². The molecule has 0 bridgehead atoms. The van der Waals surface area contributed by atoms with Crippen molar-refractivity contribution in [1.29, 1.82) is 0 Å². The fraction of sp³-hybridized carbons (Fsp3) is 0.286. The van der Waals surface area contributed by atoms with Crippen LogP contribution in [0.5, 0.6) is 11.5 Å². The van der Waals surface area contributed by atoms with Gasteiger partial charge in [0.05, 0.1) is 5.41 Å². The van der Waals surface area contributed by atoms with Gasteiger partial charge in [0, 0.05) is 18.1 Å². The van der Waals surface area contributed by atoms with Gasteiger partial charge >= 0.3 is 0 Å². The van der Waals surface area contributed by atoms with Crippen molar-refractivity contribution in [3.05, 3.63) is 83.9 Å². The molecule has 0 aliphatic carbocycles. The standard InChI is InChI=1S/C28H26O2/c1-18(2)28-16-23-21-10-6-4-8-19(21)12-14-25(23)29-27(28,3)30-26-15-13-20-9-5-7-11-22(20)24(26)17-28/h4-15,18H,16-17H2,1-3H3. The Bertz CT molecular complexity index is 1210. The molecule has 0 radical (unpaired) electrons. The molecule has 30 heavy (non-hydrogen) atoms. The third-order valence-electron chi connectivity index (χ3n) is 7.60. The Labute approximate surface area is 177 Å². The van der Waals surface area contributed by atoms with E-state index in [1.807, 2.05) is 0 Å². The number of ether oxygens (including phenoxy) is 2. The molecule has 0 unspecified atom stereocenters. The van der Waals surface area contributed by atoms with Crippen LogP contribution in [0.4, 0.5) is 0 Å². The van der Waals surface area contributed by atoms with Gasteiger partial charge in [-0.05, 0) is 52.4 Å². The summed E-state index contributed by atoms with van der Waals surface area (Å²) in [4.78, 5) is 0. The minimum Gasteiger partial charge on any atom is -0.452 e. The Morgan fingerprint density at radius 3 is 1.60 bits per heavy atom. The van der Waals surface area contributed by atoms with E-state index in [2.05, 4.69) is 93.6 Å². The van der Waals surface area contributed by atoms with Gasteiger partial charge in [0.2, 0.25) is 0 Å². The first-order valence-corrected chi connectivity index (χ1v) is 10.9. The highest BCUT2D eigenvalue weighted by atomic mass is 16.7. The average molecular weight is 395 g/mol. The van der Waals surface area contributed by atoms with E-state index in [0.717, 1.165) is 24.3 Å². The Kier molecular flexibility index (Phi) is 3.57. The van der Waals surface area contributed by atoms with Gasteiger partial charge in [-0.1, -0.05) is 74.5 Å². The summed E-state index contributed by atoms with van der Waals surface area (Å²) in [5.74, 6) is 1.60. The van der Waals surface area contributed by atoms with E-state index in [4.69, 9.17) is 9.47 Å². The summed E-state index contributed by atoms with van der Waals surface area (Å²) < 4.78 is 13.5. The van der Waals surface area contributed by atoms with Gasteiger partial charge in [0.25, 0.3) is 5.79 Å². The lowest BCUT2D eigenvalue weighted by molar-refractivity contribution is -0.225. The van der Waals surface area contributed by atoms with Crippen molar-refractivity contribution in [3.63, 3.8) is 0 Å². The first-order chi connectivity index (χ1) is 14.5. The molecule has 0 saturated carbocycles. The second kappa shape index (κ2) is 6.01. The van der Waals surface area contributed by atoms with Crippen LogP contribution in [0.1, 0.15) is 31.9 Å². The molecule has 2 heterocycles. The van der Waals surface area contributed by atoms with Gasteiger partial charge in [-0.2, -0.15) is 0 Å². The molecule has 0 N–H and O–H groups in total. The average Bonchev–Trinajstić information content (AvgIpc) is 2.75. The number of hydrogen-bond donors (Lipinski definition) is 0. The zero-order chi connectivity index (χ0) is 20.5. The highest BCUT2D eigenvalue weighted by Crippen LogP contribution is 2.57. The lowest BCUT2D eigenvalue weighted by Gasteiger charge is -2.56. The van der Waals surface area contributed by atoms with Crippen LogP contribution >= 0.6 is 0 Å². The maximum atomic E-state index is 6.74. The molecule has 150 valence electrons. The Morgan fingerprint density at radius 2 is 1.13 bits per heavy atom. The molecule has 0 saturated heterocycles. The molecule has 2 nitrogen and oxygen atoms in total. The summed E-state index contributed by atoms with van der Waals surface area (Å²) in [6, 6.07) is 25.8. The van der Waals surface area contributed by atoms with Gasteiger partial charge in [0.1, 0.15) is 11.5 Å². The zero-order valence-corrected chi connectivity index (χ0v) is 17.7. The van der Waals surface area contributed by atoms with Crippen LogP contribution in [-0.2, 0) is 12.8 Å². The first kappa shape index (κ1) is 17.8. The van der Waals surface area contributed by atoms with Gasteiger partial charge in [-0.25, -0.2) is 0 Å². The largest absolute Gasteiger partial charge is 0.452 e. The van der Waals surface area contributed by atoms with Gasteiger partial charge < -0.3 is 9.47 Å². The van der Waals surface area contributed by atoms with Gasteiger partial charge in [-0.15, -0.1) is 0 Å². The lowest BCUT2D eigenvalue weighted by Crippen LogP contribution is -2.63. The third-order valence-corrected chi connectivity index (χ3v) is 7.60. The molecular weight excluding hydrogens is 368 g/mol. The maximum Gasteiger partial charge on any atom is 0.254 e. The topological polar surface area (TPSA) is 18.5 Å². The van der Waals surface area contributed by atoms with Crippen LogP contribution in [0.15, 0.2) is 72.8 Å². The van der Waals surface area contributed by atoms with Gasteiger partial charge in [0.15, 0.2) is 0 Å². The molecule has 0 aromatic heterocycles. The van der Waals surface area contributed by atoms with Crippen molar-refractivity contribution in [2.45, 2.75) is 39.4 Å². The summed E-state index contributed by atoms with van der Waals surface area (Å²) in [6.45, 7) is 6.78. The van der Waals surface area contributed by atoms with Crippen molar-refractivity contribution >= 4 is 21.5 Å². The summed E-state index contributed by atoms with van der Waals surface area (Å²) in [7, 11) is 0. The van der Waals surface area contributed by atoms with Gasteiger partial charge in [-0.3, -0.25) is 0 Å². The second-order valence-electron chi connectivity index (χ2n) is 9.34. The lowest BCUT2D eigenvalue weighted by atomic mass is 9.60. The minimum absolute atomic E-state index is 0.152. The van der Waals surface area contributed by atoms with E-state index in [0.29, 0.717) is 5.92 Å². The quantitative estimate of drug-likeness (QED) is 0.349. The Morgan fingerprint density at radius 1 is 0.667 bits per heavy atom. The SMILES string of the molecule is CC(C)C12Cc3c(ccc4ccccc34)OC1(C)Oc1ccc3ccccc3c1C2. The minimum atomic E-state index is -0.702. The third kappa shape index (κ3) is 2.25. The van der Waals surface area contributed by atoms with Crippen LogP contribution < -0.4 is 9.47 Å². The highest BCUT2D eigenvalue weighted by molar-refractivity contribution is 5.89. The van der Waals surface area contributed by atoms with E-state index in [1.54, 1.807) is 0 Å². The van der Waals surface area contributed by atoms with Crippen molar-refractivity contribution in [3.8, 4) is 11.5 Å². The maximum absolute atomic E-state index is 6.74. The summed E-state index contributed by atoms with van der Waals surface area (Å²) in [5.41, 5.74) is 2.47.